The van der Waals surface area contributed by atoms with Crippen LogP contribution in [0.2, 0.25) is 10.0 Å². The summed E-state index contributed by atoms with van der Waals surface area (Å²) in [5.41, 5.74) is 2.42. The van der Waals surface area contributed by atoms with Gasteiger partial charge in [0.25, 0.3) is 5.91 Å². The summed E-state index contributed by atoms with van der Waals surface area (Å²) in [6, 6.07) is 11.7. The van der Waals surface area contributed by atoms with Crippen molar-refractivity contribution in [2.24, 2.45) is 0 Å². The van der Waals surface area contributed by atoms with Gasteiger partial charge >= 0.3 is 5.97 Å². The first-order valence-corrected chi connectivity index (χ1v) is 9.50. The quantitative estimate of drug-likeness (QED) is 0.574. The maximum Gasteiger partial charge on any atom is 0.340 e. The third kappa shape index (κ3) is 5.07. The number of halogens is 2. The van der Waals surface area contributed by atoms with Crippen molar-refractivity contribution in [2.75, 3.05) is 11.9 Å². The Morgan fingerprint density at radius 2 is 2.00 bits per heavy atom. The van der Waals surface area contributed by atoms with Crippen LogP contribution in [0.15, 0.2) is 47.8 Å². The summed E-state index contributed by atoms with van der Waals surface area (Å²) in [6.45, 7) is 1.49. The number of amides is 1. The van der Waals surface area contributed by atoms with Crippen molar-refractivity contribution >= 4 is 52.1 Å². The molecule has 0 saturated carbocycles. The number of aromatic nitrogens is 1. The second-order valence-electron chi connectivity index (χ2n) is 5.58. The minimum atomic E-state index is -0.718. The Hall–Kier alpha value is -2.41. The van der Waals surface area contributed by atoms with Gasteiger partial charge in [0, 0.05) is 21.7 Å². The van der Waals surface area contributed by atoms with E-state index in [-0.39, 0.29) is 10.6 Å². The maximum absolute atomic E-state index is 12.1. The molecule has 5 nitrogen and oxygen atoms in total. The molecule has 8 heteroatoms. The molecule has 1 amide bonds. The van der Waals surface area contributed by atoms with E-state index in [1.54, 1.807) is 23.5 Å². The molecule has 3 rings (SSSR count). The number of anilines is 1. The Balaban J connectivity index is 1.61. The summed E-state index contributed by atoms with van der Waals surface area (Å²) in [5, 5.41) is 6.16. The standard InChI is InChI=1S/C19H14Cl2N2O3S/c1-11-22-17(10-27-11)12-3-2-4-14(7-12)23-18(24)9-26-19(25)15-8-13(20)5-6-16(15)21/h2-8,10H,9H2,1H3,(H,23,24). The summed E-state index contributed by atoms with van der Waals surface area (Å²) >= 11 is 13.4. The maximum atomic E-state index is 12.1. The summed E-state index contributed by atoms with van der Waals surface area (Å²) < 4.78 is 5.01. The van der Waals surface area contributed by atoms with Crippen molar-refractivity contribution < 1.29 is 14.3 Å². The molecule has 0 radical (unpaired) electrons. The van der Waals surface area contributed by atoms with Gasteiger partial charge in [0.2, 0.25) is 0 Å². The second kappa shape index (κ2) is 8.52. The zero-order valence-electron chi connectivity index (χ0n) is 14.2. The predicted octanol–water partition coefficient (Wildman–Crippen LogP) is 5.22. The molecule has 0 aliphatic carbocycles. The van der Waals surface area contributed by atoms with Crippen molar-refractivity contribution in [2.45, 2.75) is 6.92 Å². The number of thiazole rings is 1. The van der Waals surface area contributed by atoms with Gasteiger partial charge in [-0.2, -0.15) is 0 Å². The van der Waals surface area contributed by atoms with Gasteiger partial charge in [0.1, 0.15) is 0 Å². The van der Waals surface area contributed by atoms with E-state index in [2.05, 4.69) is 10.3 Å². The van der Waals surface area contributed by atoms with Crippen LogP contribution in [-0.2, 0) is 9.53 Å². The SMILES string of the molecule is Cc1nc(-c2cccc(NC(=O)COC(=O)c3cc(Cl)ccc3Cl)c2)cs1. The van der Waals surface area contributed by atoms with Crippen LogP contribution in [0.1, 0.15) is 15.4 Å². The number of nitrogens with one attached hydrogen (secondary N) is 1. The van der Waals surface area contributed by atoms with Crippen molar-refractivity contribution in [3.05, 3.63) is 68.5 Å². The average molecular weight is 421 g/mol. The first-order chi connectivity index (χ1) is 12.9. The van der Waals surface area contributed by atoms with E-state index in [4.69, 9.17) is 27.9 Å². The third-order valence-electron chi connectivity index (χ3n) is 3.54. The second-order valence-corrected chi connectivity index (χ2v) is 7.49. The molecule has 0 saturated heterocycles. The predicted molar refractivity (Wildman–Crippen MR) is 108 cm³/mol. The van der Waals surface area contributed by atoms with Gasteiger partial charge in [0.05, 0.1) is 21.3 Å². The molecule has 1 heterocycles. The van der Waals surface area contributed by atoms with Crippen molar-refractivity contribution in [1.29, 1.82) is 0 Å². The smallest absolute Gasteiger partial charge is 0.340 e. The summed E-state index contributed by atoms with van der Waals surface area (Å²) in [7, 11) is 0. The normalized spacial score (nSPS) is 10.5. The van der Waals surface area contributed by atoms with Crippen LogP contribution >= 0.6 is 34.5 Å². The van der Waals surface area contributed by atoms with Gasteiger partial charge in [-0.15, -0.1) is 11.3 Å². The fourth-order valence-corrected chi connectivity index (χ4v) is 3.30. The fourth-order valence-electron chi connectivity index (χ4n) is 2.31. The number of hydrogen-bond donors (Lipinski definition) is 1. The molecule has 0 fully saturated rings. The van der Waals surface area contributed by atoms with Crippen LogP contribution in [0.25, 0.3) is 11.3 Å². The van der Waals surface area contributed by atoms with E-state index in [9.17, 15) is 9.59 Å². The van der Waals surface area contributed by atoms with Gasteiger partial charge in [-0.05, 0) is 37.3 Å². The van der Waals surface area contributed by atoms with E-state index in [0.29, 0.717) is 10.7 Å². The lowest BCUT2D eigenvalue weighted by Crippen LogP contribution is -2.21. The highest BCUT2D eigenvalue weighted by Crippen LogP contribution is 2.24. The van der Waals surface area contributed by atoms with E-state index in [1.165, 1.54) is 12.1 Å². The largest absolute Gasteiger partial charge is 0.452 e. The first kappa shape index (κ1) is 19.4. The number of aryl methyl sites for hydroxylation is 1. The molecule has 0 spiro atoms. The van der Waals surface area contributed by atoms with Crippen LogP contribution in [0.5, 0.6) is 0 Å². The van der Waals surface area contributed by atoms with Crippen LogP contribution in [0, 0.1) is 6.92 Å². The van der Waals surface area contributed by atoms with Gasteiger partial charge in [0.15, 0.2) is 6.61 Å². The molecule has 138 valence electrons. The van der Waals surface area contributed by atoms with Gasteiger partial charge in [-0.3, -0.25) is 4.79 Å². The van der Waals surface area contributed by atoms with Crippen molar-refractivity contribution in [3.63, 3.8) is 0 Å². The fraction of sp³-hybridized carbons (Fsp3) is 0.105. The molecule has 2 aromatic carbocycles. The van der Waals surface area contributed by atoms with Gasteiger partial charge in [-0.25, -0.2) is 9.78 Å². The Morgan fingerprint density at radius 1 is 1.19 bits per heavy atom. The first-order valence-electron chi connectivity index (χ1n) is 7.87. The number of esters is 1. The molecular weight excluding hydrogens is 407 g/mol. The molecule has 1 N–H and O–H groups in total. The number of carbonyl (C=O) groups is 2. The minimum absolute atomic E-state index is 0.109. The summed E-state index contributed by atoms with van der Waals surface area (Å²) in [5.74, 6) is -1.18. The average Bonchev–Trinajstić information content (AvgIpc) is 3.08. The Morgan fingerprint density at radius 3 is 2.74 bits per heavy atom. The van der Waals surface area contributed by atoms with E-state index >= 15 is 0 Å². The molecular formula is C19H14Cl2N2O3S. The highest BCUT2D eigenvalue weighted by atomic mass is 35.5. The molecule has 0 atom stereocenters. The van der Waals surface area contributed by atoms with E-state index < -0.39 is 18.5 Å². The minimum Gasteiger partial charge on any atom is -0.452 e. The Labute approximate surface area is 169 Å². The summed E-state index contributed by atoms with van der Waals surface area (Å²) in [6.07, 6.45) is 0. The lowest BCUT2D eigenvalue weighted by molar-refractivity contribution is -0.119. The zero-order valence-corrected chi connectivity index (χ0v) is 16.5. The molecule has 0 aliphatic heterocycles. The highest BCUT2D eigenvalue weighted by molar-refractivity contribution is 7.09. The summed E-state index contributed by atoms with van der Waals surface area (Å²) in [4.78, 5) is 28.6. The Kier molecular flexibility index (Phi) is 6.11. The van der Waals surface area contributed by atoms with Gasteiger partial charge < -0.3 is 10.1 Å². The number of rotatable bonds is 5. The van der Waals surface area contributed by atoms with Crippen LogP contribution in [0.4, 0.5) is 5.69 Å². The molecule has 3 aromatic rings. The van der Waals surface area contributed by atoms with Crippen LogP contribution < -0.4 is 5.32 Å². The van der Waals surface area contributed by atoms with E-state index in [0.717, 1.165) is 16.3 Å². The van der Waals surface area contributed by atoms with Crippen LogP contribution in [0.3, 0.4) is 0 Å². The molecule has 27 heavy (non-hydrogen) atoms. The number of benzene rings is 2. The zero-order chi connectivity index (χ0) is 19.4. The van der Waals surface area contributed by atoms with Crippen molar-refractivity contribution in [1.82, 2.24) is 4.98 Å². The molecule has 0 aliphatic rings. The molecule has 1 aromatic heterocycles. The number of ether oxygens (including phenoxy) is 1. The molecule has 0 bridgehead atoms. The topological polar surface area (TPSA) is 68.3 Å². The van der Waals surface area contributed by atoms with Crippen molar-refractivity contribution in [3.8, 4) is 11.3 Å². The lowest BCUT2D eigenvalue weighted by Gasteiger charge is -2.08. The highest BCUT2D eigenvalue weighted by Gasteiger charge is 2.14. The van der Waals surface area contributed by atoms with Crippen LogP contribution in [-0.4, -0.2) is 23.5 Å². The lowest BCUT2D eigenvalue weighted by atomic mass is 10.1. The van der Waals surface area contributed by atoms with E-state index in [1.807, 2.05) is 30.5 Å². The Bertz CT molecular complexity index is 1000. The number of hydrogen-bond acceptors (Lipinski definition) is 5. The number of nitrogens with zero attached hydrogens (tertiary/aromatic N) is 1. The third-order valence-corrected chi connectivity index (χ3v) is 4.88. The molecule has 0 unspecified atom stereocenters. The van der Waals surface area contributed by atoms with Gasteiger partial charge in [-0.1, -0.05) is 35.3 Å². The monoisotopic (exact) mass is 420 g/mol. The number of carbonyl (C=O) groups excluding carboxylic acids is 2.